The van der Waals surface area contributed by atoms with E-state index in [0.29, 0.717) is 11.1 Å². The lowest BCUT2D eigenvalue weighted by atomic mass is 10.1. The fraction of sp³-hybridized carbons (Fsp3) is 0.538. The van der Waals surface area contributed by atoms with Crippen LogP contribution in [0.4, 0.5) is 5.69 Å². The molecule has 0 saturated carbocycles. The van der Waals surface area contributed by atoms with Gasteiger partial charge in [-0.3, -0.25) is 0 Å². The van der Waals surface area contributed by atoms with Gasteiger partial charge in [-0.25, -0.2) is 0 Å². The summed E-state index contributed by atoms with van der Waals surface area (Å²) < 4.78 is 0. The second-order valence-electron chi connectivity index (χ2n) is 4.21. The first-order chi connectivity index (χ1) is 7.63. The minimum Gasteiger partial charge on any atom is -0.506 e. The molecule has 0 amide bonds. The molecule has 0 aliphatic rings. The molecule has 1 aromatic rings. The van der Waals surface area contributed by atoms with Crippen LogP contribution in [0.1, 0.15) is 39.5 Å². The monoisotopic (exact) mass is 241 g/mol. The van der Waals surface area contributed by atoms with Crippen molar-refractivity contribution in [2.75, 3.05) is 5.32 Å². The van der Waals surface area contributed by atoms with Crippen molar-refractivity contribution in [3.63, 3.8) is 0 Å². The van der Waals surface area contributed by atoms with E-state index in [4.69, 9.17) is 11.6 Å². The second-order valence-corrected chi connectivity index (χ2v) is 4.61. The van der Waals surface area contributed by atoms with Gasteiger partial charge in [0, 0.05) is 11.7 Å². The molecule has 1 aromatic carbocycles. The van der Waals surface area contributed by atoms with Crippen molar-refractivity contribution < 1.29 is 5.11 Å². The van der Waals surface area contributed by atoms with E-state index in [0.717, 1.165) is 12.1 Å². The van der Waals surface area contributed by atoms with Crippen molar-refractivity contribution in [2.45, 2.75) is 45.6 Å². The van der Waals surface area contributed by atoms with Crippen molar-refractivity contribution in [2.24, 2.45) is 0 Å². The maximum Gasteiger partial charge on any atom is 0.134 e. The Kier molecular flexibility index (Phi) is 5.47. The van der Waals surface area contributed by atoms with Crippen LogP contribution >= 0.6 is 11.6 Å². The minimum absolute atomic E-state index is 0.130. The number of hydrogen-bond acceptors (Lipinski definition) is 2. The topological polar surface area (TPSA) is 32.3 Å². The predicted octanol–water partition coefficient (Wildman–Crippen LogP) is 4.43. The van der Waals surface area contributed by atoms with Gasteiger partial charge in [0.1, 0.15) is 5.75 Å². The molecule has 1 unspecified atom stereocenters. The highest BCUT2D eigenvalue weighted by Gasteiger charge is 2.04. The van der Waals surface area contributed by atoms with Gasteiger partial charge in [0.05, 0.1) is 5.02 Å². The molecule has 1 rings (SSSR count). The average molecular weight is 242 g/mol. The third-order valence-corrected chi connectivity index (χ3v) is 2.90. The molecular formula is C13H20ClNO. The number of phenolic OH excluding ortho intramolecular Hbond substituents is 1. The number of rotatable bonds is 6. The highest BCUT2D eigenvalue weighted by atomic mass is 35.5. The molecule has 0 spiro atoms. The Morgan fingerprint density at radius 3 is 2.75 bits per heavy atom. The maximum atomic E-state index is 9.29. The summed E-state index contributed by atoms with van der Waals surface area (Å²) >= 11 is 5.83. The van der Waals surface area contributed by atoms with E-state index in [9.17, 15) is 5.11 Å². The number of phenols is 1. The van der Waals surface area contributed by atoms with Crippen LogP contribution < -0.4 is 5.32 Å². The number of hydrogen-bond donors (Lipinski definition) is 2. The SMILES string of the molecule is CCCCCC(C)Nc1ccc(O)c(Cl)c1. The smallest absolute Gasteiger partial charge is 0.134 e. The van der Waals surface area contributed by atoms with E-state index in [1.54, 1.807) is 12.1 Å². The number of benzene rings is 1. The van der Waals surface area contributed by atoms with Gasteiger partial charge >= 0.3 is 0 Å². The molecule has 0 aliphatic heterocycles. The Morgan fingerprint density at radius 2 is 2.12 bits per heavy atom. The molecule has 90 valence electrons. The normalized spacial score (nSPS) is 12.4. The first-order valence-corrected chi connectivity index (χ1v) is 6.26. The van der Waals surface area contributed by atoms with Crippen molar-refractivity contribution >= 4 is 17.3 Å². The Balaban J connectivity index is 2.43. The zero-order chi connectivity index (χ0) is 12.0. The van der Waals surface area contributed by atoms with E-state index in [1.165, 1.54) is 19.3 Å². The fourth-order valence-corrected chi connectivity index (χ4v) is 1.83. The quantitative estimate of drug-likeness (QED) is 0.571. The van der Waals surface area contributed by atoms with Gasteiger partial charge in [0.2, 0.25) is 0 Å². The molecule has 16 heavy (non-hydrogen) atoms. The molecule has 2 nitrogen and oxygen atoms in total. The third-order valence-electron chi connectivity index (χ3n) is 2.60. The van der Waals surface area contributed by atoms with Crippen LogP contribution in [0, 0.1) is 0 Å². The highest BCUT2D eigenvalue weighted by Crippen LogP contribution is 2.26. The van der Waals surface area contributed by atoms with Gasteiger partial charge in [0.15, 0.2) is 0 Å². The number of unbranched alkanes of at least 4 members (excludes halogenated alkanes) is 2. The van der Waals surface area contributed by atoms with Crippen LogP contribution in [0.25, 0.3) is 0 Å². The van der Waals surface area contributed by atoms with E-state index in [2.05, 4.69) is 19.2 Å². The van der Waals surface area contributed by atoms with Crippen molar-refractivity contribution in [3.05, 3.63) is 23.2 Å². The van der Waals surface area contributed by atoms with Gasteiger partial charge in [-0.1, -0.05) is 37.8 Å². The van der Waals surface area contributed by atoms with Gasteiger partial charge < -0.3 is 10.4 Å². The van der Waals surface area contributed by atoms with Crippen molar-refractivity contribution in [1.82, 2.24) is 0 Å². The van der Waals surface area contributed by atoms with Gasteiger partial charge in [-0.2, -0.15) is 0 Å². The summed E-state index contributed by atoms with van der Waals surface area (Å²) in [5.74, 6) is 0.130. The summed E-state index contributed by atoms with van der Waals surface area (Å²) in [6, 6.07) is 5.65. The Morgan fingerprint density at radius 1 is 1.38 bits per heavy atom. The summed E-state index contributed by atoms with van der Waals surface area (Å²) in [7, 11) is 0. The molecule has 0 aromatic heterocycles. The van der Waals surface area contributed by atoms with Crippen molar-refractivity contribution in [3.8, 4) is 5.75 Å². The number of aromatic hydroxyl groups is 1. The van der Waals surface area contributed by atoms with Crippen LogP contribution in [-0.2, 0) is 0 Å². The largest absolute Gasteiger partial charge is 0.506 e. The zero-order valence-corrected chi connectivity index (χ0v) is 10.7. The molecule has 0 fully saturated rings. The fourth-order valence-electron chi connectivity index (χ4n) is 1.65. The summed E-state index contributed by atoms with van der Waals surface area (Å²) in [6.07, 6.45) is 4.93. The Hall–Kier alpha value is -0.890. The molecule has 0 aliphatic carbocycles. The molecule has 0 heterocycles. The minimum atomic E-state index is 0.130. The summed E-state index contributed by atoms with van der Waals surface area (Å²) in [5, 5.41) is 13.1. The maximum absolute atomic E-state index is 9.29. The van der Waals surface area contributed by atoms with E-state index < -0.39 is 0 Å². The standard InChI is InChI=1S/C13H20ClNO/c1-3-4-5-6-10(2)15-11-7-8-13(16)12(14)9-11/h7-10,15-16H,3-6H2,1-2H3. The average Bonchev–Trinajstić information content (AvgIpc) is 2.24. The summed E-state index contributed by atoms with van der Waals surface area (Å²) in [5.41, 5.74) is 0.965. The number of nitrogens with one attached hydrogen (secondary N) is 1. The van der Waals surface area contributed by atoms with Crippen LogP contribution in [0.2, 0.25) is 5.02 Å². The lowest BCUT2D eigenvalue weighted by Crippen LogP contribution is -2.14. The molecule has 0 bridgehead atoms. The van der Waals surface area contributed by atoms with Crippen molar-refractivity contribution in [1.29, 1.82) is 0 Å². The van der Waals surface area contributed by atoms with E-state index in [1.807, 2.05) is 6.07 Å². The highest BCUT2D eigenvalue weighted by molar-refractivity contribution is 6.32. The van der Waals surface area contributed by atoms with E-state index >= 15 is 0 Å². The molecule has 2 N–H and O–H groups in total. The Labute approximate surface area is 103 Å². The molecule has 0 saturated heterocycles. The zero-order valence-electron chi connectivity index (χ0n) is 9.96. The summed E-state index contributed by atoms with van der Waals surface area (Å²) in [4.78, 5) is 0. The molecule has 1 atom stereocenters. The number of anilines is 1. The van der Waals surface area contributed by atoms with Gasteiger partial charge in [-0.05, 0) is 31.5 Å². The number of halogens is 1. The van der Waals surface area contributed by atoms with Gasteiger partial charge in [0.25, 0.3) is 0 Å². The lowest BCUT2D eigenvalue weighted by Gasteiger charge is -2.15. The van der Waals surface area contributed by atoms with E-state index in [-0.39, 0.29) is 5.75 Å². The van der Waals surface area contributed by atoms with Crippen LogP contribution in [-0.4, -0.2) is 11.1 Å². The molecular weight excluding hydrogens is 222 g/mol. The third kappa shape index (κ3) is 4.31. The first kappa shape index (κ1) is 13.2. The lowest BCUT2D eigenvalue weighted by molar-refractivity contribution is 0.475. The predicted molar refractivity (Wildman–Crippen MR) is 70.3 cm³/mol. The van der Waals surface area contributed by atoms with Crippen LogP contribution in [0.3, 0.4) is 0 Å². The summed E-state index contributed by atoms with van der Waals surface area (Å²) in [6.45, 7) is 4.37. The molecule has 0 radical (unpaired) electrons. The second kappa shape index (κ2) is 6.64. The molecule has 3 heteroatoms. The Bertz CT molecular complexity index is 328. The van der Waals surface area contributed by atoms with Gasteiger partial charge in [-0.15, -0.1) is 0 Å². The van der Waals surface area contributed by atoms with Crippen LogP contribution in [0.5, 0.6) is 5.75 Å². The van der Waals surface area contributed by atoms with Crippen LogP contribution in [0.15, 0.2) is 18.2 Å². The first-order valence-electron chi connectivity index (χ1n) is 5.88.